The van der Waals surface area contributed by atoms with Crippen LogP contribution in [0.25, 0.3) is 55.3 Å². The maximum absolute atomic E-state index is 6.21. The molecule has 1 aliphatic rings. The van der Waals surface area contributed by atoms with Crippen LogP contribution in [0.2, 0.25) is 0 Å². The predicted octanol–water partition coefficient (Wildman–Crippen LogP) is 8.62. The fraction of sp³-hybridized carbons (Fsp3) is 0.0938. The molecule has 1 aliphatic carbocycles. The summed E-state index contributed by atoms with van der Waals surface area (Å²) in [6.45, 7) is 4.64. The zero-order chi connectivity index (χ0) is 22.9. The molecule has 6 aromatic rings. The molecule has 34 heavy (non-hydrogen) atoms. The van der Waals surface area contributed by atoms with Crippen LogP contribution >= 0.6 is 0 Å². The quantitative estimate of drug-likeness (QED) is 0.271. The van der Waals surface area contributed by atoms with E-state index in [-0.39, 0.29) is 5.41 Å². The Hall–Kier alpha value is -4.17. The van der Waals surface area contributed by atoms with Gasteiger partial charge in [0, 0.05) is 28.6 Å². The Morgan fingerprint density at radius 3 is 2.12 bits per heavy atom. The Morgan fingerprint density at radius 1 is 0.588 bits per heavy atom. The predicted molar refractivity (Wildman–Crippen MR) is 140 cm³/mol. The highest BCUT2D eigenvalue weighted by Crippen LogP contribution is 2.51. The van der Waals surface area contributed by atoms with Gasteiger partial charge in [-0.1, -0.05) is 74.5 Å². The lowest BCUT2D eigenvalue weighted by Gasteiger charge is -2.22. The first-order valence-electron chi connectivity index (χ1n) is 11.7. The van der Waals surface area contributed by atoms with Crippen LogP contribution in [0.3, 0.4) is 0 Å². The van der Waals surface area contributed by atoms with Crippen molar-refractivity contribution in [3.05, 3.63) is 115 Å². The molecule has 7 rings (SSSR count). The van der Waals surface area contributed by atoms with Crippen molar-refractivity contribution in [1.29, 1.82) is 0 Å². The van der Waals surface area contributed by atoms with E-state index in [1.807, 2.05) is 30.6 Å². The second kappa shape index (κ2) is 6.91. The topological polar surface area (TPSA) is 26.0 Å². The van der Waals surface area contributed by atoms with Gasteiger partial charge in [-0.2, -0.15) is 0 Å². The van der Waals surface area contributed by atoms with Gasteiger partial charge in [0.05, 0.1) is 0 Å². The van der Waals surface area contributed by atoms with E-state index < -0.39 is 0 Å². The standard InChI is InChI=1S/C32H23NO/c1-32(2)28-16-22(20-9-11-21(12-10-20)23-6-5-15-33-19-23)13-14-24(28)26-17-27-25-7-3-4-8-30(25)34-31(27)18-29(26)32/h3-19H,1-2H3. The van der Waals surface area contributed by atoms with Crippen molar-refractivity contribution in [3.63, 3.8) is 0 Å². The summed E-state index contributed by atoms with van der Waals surface area (Å²) in [6.07, 6.45) is 3.71. The van der Waals surface area contributed by atoms with E-state index in [0.717, 1.165) is 16.7 Å². The molecule has 0 N–H and O–H groups in total. The lowest BCUT2D eigenvalue weighted by Crippen LogP contribution is -2.15. The lowest BCUT2D eigenvalue weighted by molar-refractivity contribution is 0.647. The Morgan fingerprint density at radius 2 is 1.32 bits per heavy atom. The molecule has 2 aromatic heterocycles. The molecule has 0 unspecified atom stereocenters. The summed E-state index contributed by atoms with van der Waals surface area (Å²) < 4.78 is 6.21. The molecule has 4 aromatic carbocycles. The van der Waals surface area contributed by atoms with Crippen molar-refractivity contribution in [2.75, 3.05) is 0 Å². The van der Waals surface area contributed by atoms with Crippen LogP contribution in [0.5, 0.6) is 0 Å². The van der Waals surface area contributed by atoms with E-state index in [4.69, 9.17) is 4.42 Å². The van der Waals surface area contributed by atoms with Crippen molar-refractivity contribution in [2.24, 2.45) is 0 Å². The minimum atomic E-state index is -0.0938. The number of furan rings is 1. The number of fused-ring (bicyclic) bond motifs is 6. The van der Waals surface area contributed by atoms with Crippen LogP contribution in [0.15, 0.2) is 108 Å². The van der Waals surface area contributed by atoms with Gasteiger partial charge in [-0.25, -0.2) is 0 Å². The molecule has 0 aliphatic heterocycles. The van der Waals surface area contributed by atoms with Gasteiger partial charge < -0.3 is 4.42 Å². The summed E-state index contributed by atoms with van der Waals surface area (Å²) in [6, 6.07) is 32.6. The maximum Gasteiger partial charge on any atom is 0.135 e. The van der Waals surface area contributed by atoms with Crippen molar-refractivity contribution in [1.82, 2.24) is 4.98 Å². The number of hydrogen-bond acceptors (Lipinski definition) is 2. The van der Waals surface area contributed by atoms with Crippen LogP contribution < -0.4 is 0 Å². The van der Waals surface area contributed by atoms with Crippen molar-refractivity contribution in [2.45, 2.75) is 19.3 Å². The molecule has 2 heteroatoms. The minimum Gasteiger partial charge on any atom is -0.456 e. The fourth-order valence-corrected chi connectivity index (χ4v) is 5.52. The summed E-state index contributed by atoms with van der Waals surface area (Å²) >= 11 is 0. The number of nitrogens with zero attached hydrogens (tertiary/aromatic N) is 1. The smallest absolute Gasteiger partial charge is 0.135 e. The largest absolute Gasteiger partial charge is 0.456 e. The molecule has 162 valence electrons. The van der Waals surface area contributed by atoms with Crippen LogP contribution in [0.4, 0.5) is 0 Å². The van der Waals surface area contributed by atoms with E-state index in [9.17, 15) is 0 Å². The van der Waals surface area contributed by atoms with Crippen LogP contribution in [-0.2, 0) is 5.41 Å². The number of pyridine rings is 1. The van der Waals surface area contributed by atoms with Crippen molar-refractivity contribution < 1.29 is 4.42 Å². The summed E-state index contributed by atoms with van der Waals surface area (Å²) in [4.78, 5) is 4.24. The molecule has 0 saturated heterocycles. The van der Waals surface area contributed by atoms with Gasteiger partial charge in [0.1, 0.15) is 11.2 Å². The highest BCUT2D eigenvalue weighted by Gasteiger charge is 2.36. The van der Waals surface area contributed by atoms with Crippen LogP contribution in [0.1, 0.15) is 25.0 Å². The Balaban J connectivity index is 1.34. The molecule has 0 fully saturated rings. The van der Waals surface area contributed by atoms with Gasteiger partial charge in [-0.15, -0.1) is 0 Å². The normalized spacial score (nSPS) is 13.8. The number of para-hydroxylation sites is 1. The highest BCUT2D eigenvalue weighted by atomic mass is 16.3. The third kappa shape index (κ3) is 2.72. The van der Waals surface area contributed by atoms with E-state index in [0.29, 0.717) is 0 Å². The maximum atomic E-state index is 6.21. The van der Waals surface area contributed by atoms with Gasteiger partial charge in [0.2, 0.25) is 0 Å². The first kappa shape index (κ1) is 19.3. The van der Waals surface area contributed by atoms with Gasteiger partial charge in [0.15, 0.2) is 0 Å². The molecule has 0 amide bonds. The third-order valence-corrected chi connectivity index (χ3v) is 7.39. The first-order valence-corrected chi connectivity index (χ1v) is 11.7. The average molecular weight is 438 g/mol. The van der Waals surface area contributed by atoms with Crippen LogP contribution in [-0.4, -0.2) is 4.98 Å². The molecule has 0 bridgehead atoms. The zero-order valence-electron chi connectivity index (χ0n) is 19.2. The molecule has 0 radical (unpaired) electrons. The van der Waals surface area contributed by atoms with E-state index in [2.05, 4.69) is 91.6 Å². The Kier molecular flexibility index (Phi) is 3.93. The summed E-state index contributed by atoms with van der Waals surface area (Å²) in [5.74, 6) is 0. The lowest BCUT2D eigenvalue weighted by atomic mass is 9.81. The van der Waals surface area contributed by atoms with Gasteiger partial charge >= 0.3 is 0 Å². The Labute approximate surface area is 198 Å². The number of rotatable bonds is 2. The fourth-order valence-electron chi connectivity index (χ4n) is 5.52. The van der Waals surface area contributed by atoms with E-state index in [1.54, 1.807) is 0 Å². The molecule has 2 nitrogen and oxygen atoms in total. The molecule has 0 atom stereocenters. The van der Waals surface area contributed by atoms with Crippen LogP contribution in [0, 0.1) is 0 Å². The van der Waals surface area contributed by atoms with Gasteiger partial charge in [0.25, 0.3) is 0 Å². The average Bonchev–Trinajstić information content (AvgIpc) is 3.35. The van der Waals surface area contributed by atoms with Crippen molar-refractivity contribution in [3.8, 4) is 33.4 Å². The number of aromatic nitrogens is 1. The highest BCUT2D eigenvalue weighted by molar-refractivity contribution is 6.07. The zero-order valence-corrected chi connectivity index (χ0v) is 19.2. The van der Waals surface area contributed by atoms with Gasteiger partial charge in [-0.05, 0) is 74.8 Å². The summed E-state index contributed by atoms with van der Waals surface area (Å²) in [5, 5.41) is 2.37. The van der Waals surface area contributed by atoms with Crippen molar-refractivity contribution >= 4 is 21.9 Å². The molecular weight excluding hydrogens is 414 g/mol. The van der Waals surface area contributed by atoms with Gasteiger partial charge in [-0.3, -0.25) is 4.98 Å². The van der Waals surface area contributed by atoms with E-state index in [1.165, 1.54) is 49.7 Å². The second-order valence-corrected chi connectivity index (χ2v) is 9.70. The minimum absolute atomic E-state index is 0.0938. The molecule has 0 spiro atoms. The number of benzene rings is 4. The molecular formula is C32H23NO. The SMILES string of the molecule is CC1(C)c2cc(-c3ccc(-c4cccnc4)cc3)ccc2-c2cc3c(cc21)oc1ccccc13. The monoisotopic (exact) mass is 437 g/mol. The Bertz CT molecular complexity index is 1710. The van der Waals surface area contributed by atoms with E-state index >= 15 is 0 Å². The third-order valence-electron chi connectivity index (χ3n) is 7.39. The summed E-state index contributed by atoms with van der Waals surface area (Å²) in [7, 11) is 0. The summed E-state index contributed by atoms with van der Waals surface area (Å²) in [5.41, 5.74) is 11.9. The first-order chi connectivity index (χ1) is 16.6. The molecule has 2 heterocycles. The second-order valence-electron chi connectivity index (χ2n) is 9.70. The molecule has 0 saturated carbocycles. The number of hydrogen-bond donors (Lipinski definition) is 0.